The maximum absolute atomic E-state index is 10.8. The van der Waals surface area contributed by atoms with Crippen LogP contribution in [0.3, 0.4) is 0 Å². The van der Waals surface area contributed by atoms with Crippen molar-refractivity contribution >= 4 is 27.9 Å². The van der Waals surface area contributed by atoms with Crippen molar-refractivity contribution in [2.45, 2.75) is 27.7 Å². The van der Waals surface area contributed by atoms with Crippen molar-refractivity contribution in [3.8, 4) is 5.75 Å². The molecule has 5 nitrogen and oxygen atoms in total. The van der Waals surface area contributed by atoms with Crippen LogP contribution >= 0.6 is 15.9 Å². The molecule has 0 aliphatic rings. The molecule has 19 heavy (non-hydrogen) atoms. The zero-order chi connectivity index (χ0) is 15.6. The summed E-state index contributed by atoms with van der Waals surface area (Å²) in [5, 5.41) is 17.6. The Bertz CT molecular complexity index is 394. The number of rotatable bonds is 3. The molecule has 0 aliphatic carbocycles. The molecule has 0 aromatic heterocycles. The molecule has 6 heteroatoms. The summed E-state index contributed by atoms with van der Waals surface area (Å²) < 4.78 is 4.83. The van der Waals surface area contributed by atoms with Gasteiger partial charge >= 0.3 is 11.9 Å². The molecule has 1 aromatic carbocycles. The van der Waals surface area contributed by atoms with Crippen LogP contribution in [0.25, 0.3) is 0 Å². The number of benzene rings is 1. The van der Waals surface area contributed by atoms with E-state index >= 15 is 0 Å². The van der Waals surface area contributed by atoms with Gasteiger partial charge in [0.05, 0.1) is 18.2 Å². The Hall–Kier alpha value is -1.56. The average Bonchev–Trinajstić information content (AvgIpc) is 2.43. The number of carbonyl (C=O) groups is 2. The topological polar surface area (TPSA) is 83.8 Å². The predicted molar refractivity (Wildman–Crippen MR) is 77.3 cm³/mol. The molecular weight excluding hydrogens is 316 g/mol. The lowest BCUT2D eigenvalue weighted by Gasteiger charge is -2.07. The summed E-state index contributed by atoms with van der Waals surface area (Å²) in [6, 6.07) is 2.50. The monoisotopic (exact) mass is 334 g/mol. The second-order valence-electron chi connectivity index (χ2n) is 2.65. The molecule has 0 bridgehead atoms. The molecule has 1 aromatic rings. The predicted octanol–water partition coefficient (Wildman–Crippen LogP) is 3.91. The van der Waals surface area contributed by atoms with Crippen molar-refractivity contribution in [1.29, 1.82) is 0 Å². The zero-order valence-corrected chi connectivity index (χ0v) is 13.2. The molecule has 0 aliphatic heterocycles. The van der Waals surface area contributed by atoms with Crippen LogP contribution in [0.15, 0.2) is 16.6 Å². The molecule has 108 valence electrons. The molecule has 0 unspecified atom stereocenters. The molecule has 2 N–H and O–H groups in total. The van der Waals surface area contributed by atoms with Crippen LogP contribution in [0.5, 0.6) is 5.75 Å². The molecule has 0 atom stereocenters. The summed E-state index contributed by atoms with van der Waals surface area (Å²) in [6.45, 7) is 8.00. The summed E-state index contributed by atoms with van der Waals surface area (Å²) in [6.07, 6.45) is 0. The fourth-order valence-electron chi connectivity index (χ4n) is 1.03. The molecule has 1 rings (SSSR count). The third-order valence-corrected chi connectivity index (χ3v) is 2.60. The van der Waals surface area contributed by atoms with E-state index in [0.717, 1.165) is 0 Å². The van der Waals surface area contributed by atoms with Crippen molar-refractivity contribution in [3.63, 3.8) is 0 Å². The molecule has 0 spiro atoms. The van der Waals surface area contributed by atoms with Gasteiger partial charge in [-0.1, -0.05) is 27.7 Å². The minimum absolute atomic E-state index is 0.0308. The Labute approximate surface area is 121 Å². The average molecular weight is 335 g/mol. The number of carboxylic acid groups (broad SMARTS) is 2. The van der Waals surface area contributed by atoms with Gasteiger partial charge in [0.15, 0.2) is 0 Å². The van der Waals surface area contributed by atoms with Gasteiger partial charge in [-0.3, -0.25) is 0 Å². The molecule has 0 fully saturated rings. The molecule has 0 saturated heterocycles. The van der Waals surface area contributed by atoms with Gasteiger partial charge < -0.3 is 14.9 Å². The van der Waals surface area contributed by atoms with E-state index in [9.17, 15) is 9.59 Å². The Morgan fingerprint density at radius 1 is 1.00 bits per heavy atom. The highest BCUT2D eigenvalue weighted by Crippen LogP contribution is 2.27. The van der Waals surface area contributed by atoms with Crippen molar-refractivity contribution in [1.82, 2.24) is 0 Å². The van der Waals surface area contributed by atoms with Gasteiger partial charge in [0.1, 0.15) is 5.75 Å². The lowest BCUT2D eigenvalue weighted by Crippen LogP contribution is -2.05. The second kappa shape index (κ2) is 10.4. The summed E-state index contributed by atoms with van der Waals surface area (Å²) in [5.41, 5.74) is -0.293. The van der Waals surface area contributed by atoms with Gasteiger partial charge in [-0.2, -0.15) is 0 Å². The van der Waals surface area contributed by atoms with Gasteiger partial charge in [-0.05, 0) is 28.1 Å². The highest BCUT2D eigenvalue weighted by molar-refractivity contribution is 9.10. The maximum atomic E-state index is 10.8. The van der Waals surface area contributed by atoms with E-state index in [1.165, 1.54) is 19.2 Å². The lowest BCUT2D eigenvalue weighted by atomic mass is 10.1. The summed E-state index contributed by atoms with van der Waals surface area (Å²) in [5.74, 6) is -2.25. The van der Waals surface area contributed by atoms with Gasteiger partial charge in [0.25, 0.3) is 0 Å². The minimum Gasteiger partial charge on any atom is -0.497 e. The lowest BCUT2D eigenvalue weighted by molar-refractivity contribution is 0.0695. The number of hydrogen-bond acceptors (Lipinski definition) is 3. The standard InChI is InChI=1S/C9H7BrO5.2C2H6/c1-15-4-2-5(8(11)12)7(10)6(3-4)9(13)14;2*1-2/h2-3H,1H3,(H,11,12)(H,13,14);2*1-2H3. The number of ether oxygens (including phenoxy) is 1. The fraction of sp³-hybridized carbons (Fsp3) is 0.385. The van der Waals surface area contributed by atoms with Crippen molar-refractivity contribution in [2.75, 3.05) is 7.11 Å². The van der Waals surface area contributed by atoms with Crippen molar-refractivity contribution in [2.24, 2.45) is 0 Å². The Morgan fingerprint density at radius 3 is 1.53 bits per heavy atom. The molecule has 0 heterocycles. The number of halogens is 1. The third-order valence-electron chi connectivity index (χ3n) is 1.74. The van der Waals surface area contributed by atoms with Crippen molar-refractivity contribution in [3.05, 3.63) is 27.7 Å². The first-order chi connectivity index (χ1) is 8.97. The molecular formula is C13H19BrO5. The number of methoxy groups -OCH3 is 1. The van der Waals surface area contributed by atoms with E-state index < -0.39 is 11.9 Å². The largest absolute Gasteiger partial charge is 0.497 e. The molecule has 0 radical (unpaired) electrons. The second-order valence-corrected chi connectivity index (χ2v) is 3.44. The van der Waals surface area contributed by atoms with Crippen LogP contribution in [0.2, 0.25) is 0 Å². The van der Waals surface area contributed by atoms with Gasteiger partial charge in [-0.25, -0.2) is 9.59 Å². The smallest absolute Gasteiger partial charge is 0.337 e. The Balaban J connectivity index is 0. The number of hydrogen-bond donors (Lipinski definition) is 2. The zero-order valence-electron chi connectivity index (χ0n) is 11.7. The molecule has 0 saturated carbocycles. The van der Waals surface area contributed by atoms with E-state index in [4.69, 9.17) is 14.9 Å². The Kier molecular flexibility index (Phi) is 10.8. The van der Waals surface area contributed by atoms with Crippen LogP contribution in [-0.4, -0.2) is 29.3 Å². The highest BCUT2D eigenvalue weighted by Gasteiger charge is 2.18. The quantitative estimate of drug-likeness (QED) is 0.875. The van der Waals surface area contributed by atoms with E-state index in [-0.39, 0.29) is 21.3 Å². The first-order valence-electron chi connectivity index (χ1n) is 5.81. The number of carboxylic acids is 2. The first-order valence-corrected chi connectivity index (χ1v) is 6.60. The summed E-state index contributed by atoms with van der Waals surface area (Å²) in [4.78, 5) is 21.6. The van der Waals surface area contributed by atoms with Crippen LogP contribution in [0, 0.1) is 0 Å². The van der Waals surface area contributed by atoms with Crippen LogP contribution < -0.4 is 4.74 Å². The van der Waals surface area contributed by atoms with Crippen LogP contribution in [0.4, 0.5) is 0 Å². The maximum Gasteiger partial charge on any atom is 0.337 e. The van der Waals surface area contributed by atoms with Crippen LogP contribution in [0.1, 0.15) is 48.4 Å². The fourth-order valence-corrected chi connectivity index (χ4v) is 1.60. The Morgan fingerprint density at radius 2 is 1.32 bits per heavy atom. The van der Waals surface area contributed by atoms with Gasteiger partial charge in [-0.15, -0.1) is 0 Å². The van der Waals surface area contributed by atoms with Gasteiger partial charge in [0.2, 0.25) is 0 Å². The SMILES string of the molecule is CC.CC.COc1cc(C(=O)O)c(Br)c(C(=O)O)c1. The first kappa shape index (κ1) is 19.8. The van der Waals surface area contributed by atoms with E-state index in [1.54, 1.807) is 0 Å². The van der Waals surface area contributed by atoms with E-state index in [0.29, 0.717) is 0 Å². The summed E-state index contributed by atoms with van der Waals surface area (Å²) in [7, 11) is 1.33. The normalized spacial score (nSPS) is 8.32. The molecule has 0 amide bonds. The third kappa shape index (κ3) is 5.74. The van der Waals surface area contributed by atoms with Crippen molar-refractivity contribution < 1.29 is 24.5 Å². The summed E-state index contributed by atoms with van der Waals surface area (Å²) >= 11 is 2.93. The van der Waals surface area contributed by atoms with Crippen LogP contribution in [-0.2, 0) is 0 Å². The number of aromatic carboxylic acids is 2. The van der Waals surface area contributed by atoms with E-state index in [1.807, 2.05) is 27.7 Å². The van der Waals surface area contributed by atoms with Gasteiger partial charge in [0, 0.05) is 4.47 Å². The highest BCUT2D eigenvalue weighted by atomic mass is 79.9. The minimum atomic E-state index is -1.22. The van der Waals surface area contributed by atoms with E-state index in [2.05, 4.69) is 15.9 Å².